The Morgan fingerprint density at radius 1 is 0.697 bits per heavy atom. The van der Waals surface area contributed by atoms with Crippen LogP contribution in [0.15, 0.2) is 108 Å². The molecule has 2 aliphatic rings. The van der Waals surface area contributed by atoms with Gasteiger partial charge in [0, 0.05) is 68.2 Å². The second-order valence-electron chi connectivity index (χ2n) is 18.9. The number of rotatable bonds is 18. The number of nitrogens with two attached hydrogens (primary N) is 2. The first-order chi connectivity index (χ1) is 36.6. The fourth-order valence-corrected chi connectivity index (χ4v) is 12.0. The highest BCUT2D eigenvalue weighted by molar-refractivity contribution is 7.98. The van der Waals surface area contributed by atoms with Gasteiger partial charge in [0.15, 0.2) is 25.9 Å². The number of sulfone groups is 1. The van der Waals surface area contributed by atoms with Crippen molar-refractivity contribution in [3.05, 3.63) is 109 Å². The van der Waals surface area contributed by atoms with E-state index in [4.69, 9.17) is 40.4 Å². The molecule has 6 heterocycles. The summed E-state index contributed by atoms with van der Waals surface area (Å²) < 4.78 is 54.3. The molecule has 0 unspecified atom stereocenters. The molecule has 0 radical (unpaired) electrons. The number of fused-ring (bicyclic) bond motifs is 2. The van der Waals surface area contributed by atoms with Crippen LogP contribution < -0.4 is 20.5 Å². The number of carboxylic acids is 2. The molecule has 6 aromatic heterocycles. The van der Waals surface area contributed by atoms with Gasteiger partial charge in [-0.1, -0.05) is 36.4 Å². The maximum atomic E-state index is 12.9. The molecule has 8 aromatic rings. The number of para-hydroxylation sites is 2. The Balaban J connectivity index is 0.000000186. The topological polar surface area (TPSA) is 299 Å². The summed E-state index contributed by atoms with van der Waals surface area (Å²) in [7, 11) is -0.670. The van der Waals surface area contributed by atoms with Gasteiger partial charge in [-0.25, -0.2) is 27.4 Å². The zero-order chi connectivity index (χ0) is 53.8. The smallest absolute Gasteiger partial charge is 0.335 e. The largest absolute Gasteiger partial charge is 0.479 e. The van der Waals surface area contributed by atoms with Gasteiger partial charge in [-0.2, -0.15) is 10.2 Å². The summed E-state index contributed by atoms with van der Waals surface area (Å²) in [5.74, 6) is -1.61. The van der Waals surface area contributed by atoms with E-state index < -0.39 is 33.0 Å². The molecule has 0 atom stereocenters. The second-order valence-corrected chi connectivity index (χ2v) is 21.7. The van der Waals surface area contributed by atoms with Crippen molar-refractivity contribution in [1.82, 2.24) is 39.7 Å². The minimum absolute atomic E-state index is 0.0191. The molecule has 0 bridgehead atoms. The first-order valence-corrected chi connectivity index (χ1v) is 27.9. The normalized spacial score (nSPS) is 19.9. The Morgan fingerprint density at radius 2 is 1.12 bits per heavy atom. The minimum Gasteiger partial charge on any atom is -0.479 e. The fraction of sp³-hybridized carbons (Fsp3) is 0.385. The molecule has 0 spiro atoms. The van der Waals surface area contributed by atoms with Crippen LogP contribution in [-0.2, 0) is 38.4 Å². The van der Waals surface area contributed by atoms with E-state index in [2.05, 4.69) is 20.4 Å². The van der Waals surface area contributed by atoms with Crippen molar-refractivity contribution < 1.29 is 56.2 Å². The predicted octanol–water partition coefficient (Wildman–Crippen LogP) is 5.58. The number of aliphatic carboxylic acids is 2. The number of benzene rings is 2. The lowest BCUT2D eigenvalue weighted by atomic mass is 9.77. The number of nitrogen functional groups attached to an aromatic ring is 2. The molecule has 22 nitrogen and oxygen atoms in total. The molecule has 24 heteroatoms. The number of ether oxygens (including phenoxy) is 4. The fourth-order valence-electron chi connectivity index (χ4n) is 10.3. The number of aromatic amines is 2. The van der Waals surface area contributed by atoms with Crippen molar-refractivity contribution in [3.63, 3.8) is 0 Å². The molecule has 400 valence electrons. The molecule has 76 heavy (non-hydrogen) atoms. The van der Waals surface area contributed by atoms with E-state index in [0.29, 0.717) is 73.5 Å². The van der Waals surface area contributed by atoms with Gasteiger partial charge in [-0.15, -0.1) is 30.8 Å². The quantitative estimate of drug-likeness (QED) is 0.0347. The summed E-state index contributed by atoms with van der Waals surface area (Å²) >= 11 is 1.55. The lowest BCUT2D eigenvalue weighted by molar-refractivity contribution is -0.565. The van der Waals surface area contributed by atoms with Crippen LogP contribution in [0, 0.1) is 0 Å². The third-order valence-corrected chi connectivity index (χ3v) is 16.3. The monoisotopic (exact) mass is 1080 g/mol. The Bertz CT molecular complexity index is 3460. The summed E-state index contributed by atoms with van der Waals surface area (Å²) in [5, 5.41) is 35.1. The molecule has 2 aliphatic carbocycles. The van der Waals surface area contributed by atoms with Crippen LogP contribution in [0.25, 0.3) is 44.9 Å². The van der Waals surface area contributed by atoms with Crippen LogP contribution in [0.2, 0.25) is 0 Å². The van der Waals surface area contributed by atoms with Crippen LogP contribution in [0.1, 0.15) is 74.6 Å². The van der Waals surface area contributed by atoms with Crippen molar-refractivity contribution in [3.8, 4) is 33.6 Å². The number of aromatic nitrogens is 10. The van der Waals surface area contributed by atoms with E-state index >= 15 is 0 Å². The number of carboxylic acid groups (broad SMARTS) is 2. The summed E-state index contributed by atoms with van der Waals surface area (Å²) in [6, 6.07) is 19.6. The number of methoxy groups -OCH3 is 2. The SMILES string of the molecule is COCCOC1(C(=O)O)CCC(c2nc3c(-c4cnn(-c5ccccc5)c4)c[nH][n+]3c(N)c2S(C)(=O)=O)CC1.COCCOC1(C(=O)O)CCC(c2nc3c(-c4cnn(-c5ccccc5)c4)c[nH][n+]3c(N)c2SC)CC1. The molecule has 0 aliphatic heterocycles. The van der Waals surface area contributed by atoms with Gasteiger partial charge in [0.05, 0.1) is 61.3 Å². The highest BCUT2D eigenvalue weighted by atomic mass is 32.2. The number of thioether (sulfide) groups is 1. The van der Waals surface area contributed by atoms with Gasteiger partial charge in [0.1, 0.15) is 16.3 Å². The molecule has 2 fully saturated rings. The molecular formula is C52H62N12O10S2+2. The molecule has 2 aromatic carbocycles. The first-order valence-electron chi connectivity index (χ1n) is 24.7. The Labute approximate surface area is 442 Å². The Hall–Kier alpha value is -7.22. The van der Waals surface area contributed by atoms with Gasteiger partial charge in [-0.05, 0) is 81.9 Å². The molecule has 0 saturated heterocycles. The van der Waals surface area contributed by atoms with E-state index in [9.17, 15) is 28.2 Å². The van der Waals surface area contributed by atoms with Crippen molar-refractivity contribution in [1.29, 1.82) is 0 Å². The molecule has 8 N–H and O–H groups in total. The van der Waals surface area contributed by atoms with Crippen LogP contribution >= 0.6 is 11.8 Å². The third kappa shape index (κ3) is 10.6. The van der Waals surface area contributed by atoms with Gasteiger partial charge >= 0.3 is 11.9 Å². The van der Waals surface area contributed by atoms with E-state index in [-0.39, 0.29) is 55.2 Å². The van der Waals surface area contributed by atoms with E-state index in [1.165, 1.54) is 11.6 Å². The first kappa shape index (κ1) is 53.6. The number of carbonyl (C=O) groups is 2. The van der Waals surface area contributed by atoms with Crippen LogP contribution in [0.3, 0.4) is 0 Å². The predicted molar refractivity (Wildman–Crippen MR) is 281 cm³/mol. The summed E-state index contributed by atoms with van der Waals surface area (Å²) in [6.07, 6.45) is 17.3. The van der Waals surface area contributed by atoms with Crippen LogP contribution in [0.4, 0.5) is 11.6 Å². The number of nitrogens with one attached hydrogen (secondary N) is 2. The number of hydrogen-bond donors (Lipinski definition) is 6. The summed E-state index contributed by atoms with van der Waals surface area (Å²) in [5.41, 5.74) is 18.1. The van der Waals surface area contributed by atoms with Gasteiger partial charge in [0.2, 0.25) is 0 Å². The minimum atomic E-state index is -3.76. The lowest BCUT2D eigenvalue weighted by Gasteiger charge is -2.36. The third-order valence-electron chi connectivity index (χ3n) is 14.3. The number of nitrogens with zero attached hydrogens (tertiary/aromatic N) is 8. The summed E-state index contributed by atoms with van der Waals surface area (Å²) in [6.45, 7) is 1.04. The molecule has 2 saturated carbocycles. The number of H-pyrrole nitrogens is 2. The van der Waals surface area contributed by atoms with Crippen molar-refractivity contribution in [2.45, 2.75) is 84.2 Å². The maximum absolute atomic E-state index is 12.9. The van der Waals surface area contributed by atoms with Crippen LogP contribution in [0.5, 0.6) is 0 Å². The van der Waals surface area contributed by atoms with E-state index in [0.717, 1.165) is 44.9 Å². The van der Waals surface area contributed by atoms with Gasteiger partial charge in [0.25, 0.3) is 22.9 Å². The molecule has 10 rings (SSSR count). The number of anilines is 2. The summed E-state index contributed by atoms with van der Waals surface area (Å²) in [4.78, 5) is 35.0. The average molecular weight is 1080 g/mol. The Morgan fingerprint density at radius 3 is 1.53 bits per heavy atom. The maximum Gasteiger partial charge on any atom is 0.335 e. The Kier molecular flexibility index (Phi) is 15.9. The average Bonchev–Trinajstić information content (AvgIpc) is 4.27. The standard InChI is InChI=1S/C26H30N6O6S.C26H30N6O4S/c1-37-12-13-38-26(25(33)34)10-8-17(9-11-26)21-22(39(2,35)36)23(27)32-24(30-21)20(15-29-32)18-14-28-31(16-18)19-6-4-3-5-7-19;1-35-12-13-36-26(25(33)34)10-8-17(9-11-26)21-22(37-2)23(27)32-24(30-21)20(15-29-32)18-14-28-31(16-18)19-6-4-3-5-7-19/h3-7,14-17H,8-13H2,1-2H3,(H3,27,29,30,33,34);3-7,14-17H,8-13H2,1-2H3,(H3,27,29,30,33,34)/p+2. The second kappa shape index (κ2) is 22.5. The highest BCUT2D eigenvalue weighted by Crippen LogP contribution is 2.45. The molecular weight excluding hydrogens is 1020 g/mol. The lowest BCUT2D eigenvalue weighted by Crippen LogP contribution is -2.45. The van der Waals surface area contributed by atoms with Crippen molar-refractivity contribution in [2.24, 2.45) is 0 Å². The van der Waals surface area contributed by atoms with Crippen LogP contribution in [-0.4, -0.2) is 135 Å². The van der Waals surface area contributed by atoms with Crippen molar-refractivity contribution >= 4 is 56.5 Å². The van der Waals surface area contributed by atoms with Crippen molar-refractivity contribution in [2.75, 3.05) is 64.6 Å². The van der Waals surface area contributed by atoms with E-state index in [1.54, 1.807) is 40.5 Å². The number of hydrogen-bond acceptors (Lipinski definition) is 15. The zero-order valence-electron chi connectivity index (χ0n) is 42.6. The van der Waals surface area contributed by atoms with E-state index in [1.807, 2.05) is 96.4 Å². The van der Waals surface area contributed by atoms with Gasteiger partial charge < -0.3 is 40.6 Å². The zero-order valence-corrected chi connectivity index (χ0v) is 44.2. The molecule has 0 amide bonds. The van der Waals surface area contributed by atoms with Gasteiger partial charge in [-0.3, -0.25) is 10.2 Å². The highest BCUT2D eigenvalue weighted by Gasteiger charge is 2.47.